The van der Waals surface area contributed by atoms with E-state index in [1.54, 1.807) is 0 Å². The number of hydrogen-bond acceptors (Lipinski definition) is 3. The number of amides is 1. The van der Waals surface area contributed by atoms with Crippen molar-refractivity contribution in [1.82, 2.24) is 5.32 Å². The van der Waals surface area contributed by atoms with Crippen molar-refractivity contribution in [3.05, 3.63) is 35.9 Å². The number of ketones is 1. The first-order valence-corrected chi connectivity index (χ1v) is 7.30. The molecular weight excluding hydrogens is 278 g/mol. The molecule has 1 aromatic rings. The van der Waals surface area contributed by atoms with Crippen LogP contribution in [0.15, 0.2) is 30.3 Å². The van der Waals surface area contributed by atoms with Crippen LogP contribution in [0.2, 0.25) is 0 Å². The van der Waals surface area contributed by atoms with Gasteiger partial charge in [-0.15, -0.1) is 11.6 Å². The molecule has 5 heteroatoms. The molecule has 2 rings (SSSR count). The average molecular weight is 296 g/mol. The molecule has 1 aromatic carbocycles. The van der Waals surface area contributed by atoms with Gasteiger partial charge in [-0.3, -0.25) is 4.79 Å². The number of nitrogens with one attached hydrogen (secondary N) is 1. The highest BCUT2D eigenvalue weighted by molar-refractivity contribution is 6.28. The van der Waals surface area contributed by atoms with E-state index in [0.717, 1.165) is 24.8 Å². The molecule has 20 heavy (non-hydrogen) atoms. The van der Waals surface area contributed by atoms with Crippen molar-refractivity contribution in [3.8, 4) is 0 Å². The topological polar surface area (TPSA) is 55.4 Å². The summed E-state index contributed by atoms with van der Waals surface area (Å²) in [6, 6.07) is 9.32. The van der Waals surface area contributed by atoms with Gasteiger partial charge in [-0.25, -0.2) is 4.79 Å². The van der Waals surface area contributed by atoms with Crippen LogP contribution in [-0.2, 0) is 16.1 Å². The summed E-state index contributed by atoms with van der Waals surface area (Å²) in [5.74, 6) is -0.170. The highest BCUT2D eigenvalue weighted by atomic mass is 35.5. The zero-order chi connectivity index (χ0) is 14.4. The first-order valence-electron chi connectivity index (χ1n) is 6.76. The lowest BCUT2D eigenvalue weighted by Crippen LogP contribution is -2.40. The zero-order valence-electron chi connectivity index (χ0n) is 11.2. The largest absolute Gasteiger partial charge is 0.445 e. The normalized spacial score (nSPS) is 21.4. The second-order valence-corrected chi connectivity index (χ2v) is 5.22. The van der Waals surface area contributed by atoms with E-state index < -0.39 is 6.09 Å². The molecular formula is C15H18ClNO3. The molecule has 1 aliphatic rings. The molecule has 108 valence electrons. The van der Waals surface area contributed by atoms with Crippen LogP contribution in [0.4, 0.5) is 4.79 Å². The third-order valence-corrected chi connectivity index (χ3v) is 3.84. The van der Waals surface area contributed by atoms with Crippen molar-refractivity contribution in [1.29, 1.82) is 0 Å². The molecule has 0 saturated heterocycles. The van der Waals surface area contributed by atoms with Crippen molar-refractivity contribution in [2.75, 3.05) is 5.88 Å². The zero-order valence-corrected chi connectivity index (χ0v) is 11.9. The number of halogens is 1. The Morgan fingerprint density at radius 1 is 1.25 bits per heavy atom. The summed E-state index contributed by atoms with van der Waals surface area (Å²) in [6.07, 6.45) is 2.04. The van der Waals surface area contributed by atoms with Crippen LogP contribution >= 0.6 is 11.6 Å². The van der Waals surface area contributed by atoms with Crippen LogP contribution < -0.4 is 5.32 Å². The van der Waals surface area contributed by atoms with E-state index in [1.807, 2.05) is 30.3 Å². The van der Waals surface area contributed by atoms with Gasteiger partial charge < -0.3 is 10.1 Å². The minimum Gasteiger partial charge on any atom is -0.445 e. The summed E-state index contributed by atoms with van der Waals surface area (Å²) in [7, 11) is 0. The van der Waals surface area contributed by atoms with Crippen molar-refractivity contribution in [3.63, 3.8) is 0 Å². The minimum atomic E-state index is -0.479. The Labute approximate surface area is 123 Å². The molecule has 4 nitrogen and oxygen atoms in total. The van der Waals surface area contributed by atoms with Crippen LogP contribution in [0.25, 0.3) is 0 Å². The van der Waals surface area contributed by atoms with Gasteiger partial charge in [0, 0.05) is 12.0 Å². The molecule has 0 aromatic heterocycles. The average Bonchev–Trinajstić information content (AvgIpc) is 2.93. The number of alkyl halides is 1. The third-order valence-electron chi connectivity index (χ3n) is 3.58. The van der Waals surface area contributed by atoms with Crippen molar-refractivity contribution in [2.24, 2.45) is 5.92 Å². The number of benzene rings is 1. The van der Waals surface area contributed by atoms with Crippen molar-refractivity contribution >= 4 is 23.5 Å². The molecule has 1 amide bonds. The fourth-order valence-corrected chi connectivity index (χ4v) is 2.73. The Hall–Kier alpha value is -1.55. The van der Waals surface area contributed by atoms with E-state index in [2.05, 4.69) is 5.32 Å². The van der Waals surface area contributed by atoms with E-state index >= 15 is 0 Å². The maximum Gasteiger partial charge on any atom is 0.407 e. The predicted molar refractivity (Wildman–Crippen MR) is 76.6 cm³/mol. The highest BCUT2D eigenvalue weighted by Crippen LogP contribution is 2.27. The molecule has 0 radical (unpaired) electrons. The predicted octanol–water partition coefficient (Wildman–Crippen LogP) is 2.89. The Bertz CT molecular complexity index is 463. The van der Waals surface area contributed by atoms with E-state index in [0.29, 0.717) is 0 Å². The van der Waals surface area contributed by atoms with Gasteiger partial charge in [-0.2, -0.15) is 0 Å². The van der Waals surface area contributed by atoms with Crippen LogP contribution in [0.3, 0.4) is 0 Å². The Balaban J connectivity index is 1.80. The fraction of sp³-hybridized carbons (Fsp3) is 0.467. The number of alkyl carbamates (subject to hydrolysis) is 1. The summed E-state index contributed by atoms with van der Waals surface area (Å²) in [5.41, 5.74) is 0.933. The number of carbonyl (C=O) groups excluding carboxylic acids is 2. The summed E-state index contributed by atoms with van der Waals surface area (Å²) in [5, 5.41) is 2.77. The molecule has 0 aliphatic heterocycles. The minimum absolute atomic E-state index is 0.00189. The summed E-state index contributed by atoms with van der Waals surface area (Å²) in [6.45, 7) is 0.230. The van der Waals surface area contributed by atoms with Crippen molar-refractivity contribution in [2.45, 2.75) is 31.9 Å². The Morgan fingerprint density at radius 3 is 2.70 bits per heavy atom. The SMILES string of the molecule is O=C(NC1CCCC1C(=O)CCl)OCc1ccccc1. The second-order valence-electron chi connectivity index (χ2n) is 4.95. The van der Waals surface area contributed by atoms with E-state index in [-0.39, 0.29) is 30.2 Å². The van der Waals surface area contributed by atoms with Gasteiger partial charge in [0.1, 0.15) is 6.61 Å². The monoisotopic (exact) mass is 295 g/mol. The maximum atomic E-state index is 11.8. The number of hydrogen-bond donors (Lipinski definition) is 1. The molecule has 1 N–H and O–H groups in total. The lowest BCUT2D eigenvalue weighted by Gasteiger charge is -2.19. The molecule has 1 aliphatic carbocycles. The van der Waals surface area contributed by atoms with Gasteiger partial charge in [0.2, 0.25) is 0 Å². The Kier molecular flexibility index (Phi) is 5.41. The molecule has 0 bridgehead atoms. The van der Waals surface area contributed by atoms with Gasteiger partial charge in [0.25, 0.3) is 0 Å². The number of Topliss-reactive ketones (excluding diaryl/α,β-unsaturated/α-hetero) is 1. The van der Waals surface area contributed by atoms with Gasteiger partial charge in [-0.05, 0) is 18.4 Å². The summed E-state index contributed by atoms with van der Waals surface area (Å²) < 4.78 is 5.16. The van der Waals surface area contributed by atoms with Gasteiger partial charge in [-0.1, -0.05) is 36.8 Å². The standard InChI is InChI=1S/C15H18ClNO3/c16-9-14(18)12-7-4-8-13(12)17-15(19)20-10-11-5-2-1-3-6-11/h1-3,5-6,12-13H,4,7-10H2,(H,17,19). The first kappa shape index (κ1) is 14.9. The molecule has 2 atom stereocenters. The third kappa shape index (κ3) is 3.97. The van der Waals surface area contributed by atoms with Gasteiger partial charge in [0.15, 0.2) is 5.78 Å². The Morgan fingerprint density at radius 2 is 2.00 bits per heavy atom. The lowest BCUT2D eigenvalue weighted by atomic mass is 9.99. The maximum absolute atomic E-state index is 11.8. The lowest BCUT2D eigenvalue weighted by molar-refractivity contribution is -0.120. The van der Waals surface area contributed by atoms with Gasteiger partial charge in [0.05, 0.1) is 5.88 Å². The quantitative estimate of drug-likeness (QED) is 0.850. The molecule has 1 fully saturated rings. The second kappa shape index (κ2) is 7.29. The van der Waals surface area contributed by atoms with Crippen LogP contribution in [-0.4, -0.2) is 23.8 Å². The number of carbonyl (C=O) groups is 2. The molecule has 2 unspecified atom stereocenters. The summed E-state index contributed by atoms with van der Waals surface area (Å²) in [4.78, 5) is 23.4. The molecule has 0 heterocycles. The first-order chi connectivity index (χ1) is 9.70. The molecule has 1 saturated carbocycles. The van der Waals surface area contributed by atoms with Crippen LogP contribution in [0.1, 0.15) is 24.8 Å². The van der Waals surface area contributed by atoms with E-state index in [1.165, 1.54) is 0 Å². The van der Waals surface area contributed by atoms with Crippen LogP contribution in [0.5, 0.6) is 0 Å². The van der Waals surface area contributed by atoms with E-state index in [4.69, 9.17) is 16.3 Å². The smallest absolute Gasteiger partial charge is 0.407 e. The van der Waals surface area contributed by atoms with Crippen molar-refractivity contribution < 1.29 is 14.3 Å². The van der Waals surface area contributed by atoms with E-state index in [9.17, 15) is 9.59 Å². The van der Waals surface area contributed by atoms with Crippen LogP contribution in [0, 0.1) is 5.92 Å². The number of ether oxygens (including phenoxy) is 1. The van der Waals surface area contributed by atoms with Gasteiger partial charge >= 0.3 is 6.09 Å². The summed E-state index contributed by atoms with van der Waals surface area (Å²) >= 11 is 5.58. The highest BCUT2D eigenvalue weighted by Gasteiger charge is 2.33. The fourth-order valence-electron chi connectivity index (χ4n) is 2.53. The molecule has 0 spiro atoms. The number of rotatable bonds is 5.